The van der Waals surface area contributed by atoms with E-state index in [2.05, 4.69) is 24.5 Å². The molecule has 0 saturated carbocycles. The Morgan fingerprint density at radius 1 is 1.40 bits per heavy atom. The lowest BCUT2D eigenvalue weighted by Gasteiger charge is -2.39. The number of hydrogen-bond acceptors (Lipinski definition) is 6. The molecule has 1 spiro atoms. The van der Waals surface area contributed by atoms with Gasteiger partial charge in [0, 0.05) is 42.6 Å². The van der Waals surface area contributed by atoms with Crippen molar-refractivity contribution in [2.24, 2.45) is 5.92 Å². The third kappa shape index (κ3) is 4.95. The van der Waals surface area contributed by atoms with Crippen molar-refractivity contribution in [1.82, 2.24) is 15.5 Å². The van der Waals surface area contributed by atoms with Crippen LogP contribution < -0.4 is 10.6 Å². The van der Waals surface area contributed by atoms with Gasteiger partial charge in [-0.3, -0.25) is 25.0 Å². The molecule has 3 rings (SSSR count). The second kappa shape index (κ2) is 9.34. The molecule has 2 unspecified atom stereocenters. The summed E-state index contributed by atoms with van der Waals surface area (Å²) < 4.78 is 0. The van der Waals surface area contributed by atoms with Gasteiger partial charge in [-0.05, 0) is 31.7 Å². The first-order chi connectivity index (χ1) is 14.2. The average molecular weight is 435 g/mol. The number of nitro benzene ring substituents is 1. The SMILES string of the molecule is CCC(C)CNC(=O)C1CSC2(CCN(C(=O)c3ccc(C)c([N+](=O)[O-])c3)CC2)N1. The van der Waals surface area contributed by atoms with Gasteiger partial charge in [0.1, 0.15) is 0 Å². The summed E-state index contributed by atoms with van der Waals surface area (Å²) in [6.45, 7) is 7.70. The predicted octanol–water partition coefficient (Wildman–Crippen LogP) is 2.70. The molecule has 1 aromatic carbocycles. The van der Waals surface area contributed by atoms with Gasteiger partial charge in [-0.15, -0.1) is 11.8 Å². The number of rotatable bonds is 6. The smallest absolute Gasteiger partial charge is 0.273 e. The van der Waals surface area contributed by atoms with E-state index in [1.807, 2.05) is 0 Å². The van der Waals surface area contributed by atoms with Gasteiger partial charge >= 0.3 is 0 Å². The molecule has 2 N–H and O–H groups in total. The molecular formula is C21H30N4O4S. The molecule has 2 heterocycles. The molecule has 1 aromatic rings. The summed E-state index contributed by atoms with van der Waals surface area (Å²) in [7, 11) is 0. The van der Waals surface area contributed by atoms with Crippen LogP contribution in [-0.2, 0) is 4.79 Å². The highest BCUT2D eigenvalue weighted by Crippen LogP contribution is 2.39. The van der Waals surface area contributed by atoms with Crippen molar-refractivity contribution in [3.63, 3.8) is 0 Å². The number of nitrogens with one attached hydrogen (secondary N) is 2. The van der Waals surface area contributed by atoms with Gasteiger partial charge in [-0.2, -0.15) is 0 Å². The normalized spacial score (nSPS) is 21.4. The van der Waals surface area contributed by atoms with Crippen LogP contribution in [0.25, 0.3) is 0 Å². The Bertz CT molecular complexity index is 823. The van der Waals surface area contributed by atoms with Crippen LogP contribution in [0.1, 0.15) is 49.0 Å². The fourth-order valence-corrected chi connectivity index (χ4v) is 5.23. The van der Waals surface area contributed by atoms with Crippen LogP contribution in [0.15, 0.2) is 18.2 Å². The van der Waals surface area contributed by atoms with E-state index in [9.17, 15) is 19.7 Å². The van der Waals surface area contributed by atoms with Crippen molar-refractivity contribution in [2.75, 3.05) is 25.4 Å². The lowest BCUT2D eigenvalue weighted by atomic mass is 10.0. The number of nitro groups is 1. The van der Waals surface area contributed by atoms with Crippen LogP contribution in [-0.4, -0.2) is 57.9 Å². The van der Waals surface area contributed by atoms with Crippen molar-refractivity contribution in [3.05, 3.63) is 39.4 Å². The Morgan fingerprint density at radius 3 is 2.73 bits per heavy atom. The topological polar surface area (TPSA) is 105 Å². The molecule has 0 aromatic heterocycles. The molecule has 2 fully saturated rings. The van der Waals surface area contributed by atoms with E-state index in [0.717, 1.165) is 25.0 Å². The first kappa shape index (κ1) is 22.6. The zero-order chi connectivity index (χ0) is 21.9. The third-order valence-electron chi connectivity index (χ3n) is 6.11. The summed E-state index contributed by atoms with van der Waals surface area (Å²) in [5.41, 5.74) is 0.851. The lowest BCUT2D eigenvalue weighted by Crippen LogP contribution is -2.54. The van der Waals surface area contributed by atoms with Gasteiger partial charge in [-0.25, -0.2) is 0 Å². The predicted molar refractivity (Wildman–Crippen MR) is 118 cm³/mol. The summed E-state index contributed by atoms with van der Waals surface area (Å²) >= 11 is 1.76. The quantitative estimate of drug-likeness (QED) is 0.527. The molecule has 164 valence electrons. The molecule has 8 nitrogen and oxygen atoms in total. The van der Waals surface area contributed by atoms with Crippen molar-refractivity contribution in [1.29, 1.82) is 0 Å². The number of thioether (sulfide) groups is 1. The Hall–Kier alpha value is -2.13. The molecule has 2 amide bonds. The number of hydrogen-bond donors (Lipinski definition) is 2. The Balaban J connectivity index is 1.56. The highest BCUT2D eigenvalue weighted by Gasteiger charge is 2.44. The molecule has 30 heavy (non-hydrogen) atoms. The molecule has 2 atom stereocenters. The summed E-state index contributed by atoms with van der Waals surface area (Å²) in [5.74, 6) is 1.05. The van der Waals surface area contributed by atoms with Crippen LogP contribution in [0.5, 0.6) is 0 Å². The molecule has 2 aliphatic heterocycles. The van der Waals surface area contributed by atoms with Crippen molar-refractivity contribution >= 4 is 29.3 Å². The molecule has 0 aliphatic carbocycles. The first-order valence-electron chi connectivity index (χ1n) is 10.5. The molecule has 2 aliphatic rings. The average Bonchev–Trinajstić information content (AvgIpc) is 3.15. The molecule has 0 radical (unpaired) electrons. The molecular weight excluding hydrogens is 404 g/mol. The van der Waals surface area contributed by atoms with E-state index in [-0.39, 0.29) is 28.4 Å². The number of piperidine rings is 1. The maximum atomic E-state index is 12.9. The van der Waals surface area contributed by atoms with Crippen LogP contribution in [0.4, 0.5) is 5.69 Å². The summed E-state index contributed by atoms with van der Waals surface area (Å²) in [6, 6.07) is 4.42. The Morgan fingerprint density at radius 2 is 2.10 bits per heavy atom. The summed E-state index contributed by atoms with van der Waals surface area (Å²) in [5, 5.41) is 17.7. The van der Waals surface area contributed by atoms with Crippen LogP contribution >= 0.6 is 11.8 Å². The number of benzene rings is 1. The monoisotopic (exact) mass is 434 g/mol. The Labute approximate surface area is 181 Å². The highest BCUT2D eigenvalue weighted by molar-refractivity contribution is 8.01. The lowest BCUT2D eigenvalue weighted by molar-refractivity contribution is -0.385. The highest BCUT2D eigenvalue weighted by atomic mass is 32.2. The van der Waals surface area contributed by atoms with Gasteiger partial charge < -0.3 is 10.2 Å². The number of carbonyl (C=O) groups excluding carboxylic acids is 2. The second-order valence-electron chi connectivity index (χ2n) is 8.31. The van der Waals surface area contributed by atoms with Gasteiger partial charge in [0.05, 0.1) is 15.8 Å². The minimum Gasteiger partial charge on any atom is -0.354 e. The number of likely N-dealkylation sites (tertiary alicyclic amines) is 1. The van der Waals surface area contributed by atoms with E-state index in [1.165, 1.54) is 6.07 Å². The van der Waals surface area contributed by atoms with Gasteiger partial charge in [0.25, 0.3) is 11.6 Å². The minimum atomic E-state index is -0.456. The minimum absolute atomic E-state index is 0.0337. The van der Waals surface area contributed by atoms with E-state index < -0.39 is 4.92 Å². The van der Waals surface area contributed by atoms with Crippen molar-refractivity contribution < 1.29 is 14.5 Å². The van der Waals surface area contributed by atoms with Crippen LogP contribution in [0.2, 0.25) is 0 Å². The zero-order valence-electron chi connectivity index (χ0n) is 17.8. The van der Waals surface area contributed by atoms with E-state index in [1.54, 1.807) is 35.7 Å². The molecule has 0 bridgehead atoms. The second-order valence-corrected chi connectivity index (χ2v) is 9.71. The van der Waals surface area contributed by atoms with Gasteiger partial charge in [0.15, 0.2) is 0 Å². The van der Waals surface area contributed by atoms with Crippen LogP contribution in [0.3, 0.4) is 0 Å². The fourth-order valence-electron chi connectivity index (χ4n) is 3.81. The third-order valence-corrected chi connectivity index (χ3v) is 7.69. The van der Waals surface area contributed by atoms with E-state index in [0.29, 0.717) is 36.7 Å². The number of nitrogens with zero attached hydrogens (tertiary/aromatic N) is 2. The van der Waals surface area contributed by atoms with Crippen LogP contribution in [0, 0.1) is 23.0 Å². The number of aryl methyl sites for hydroxylation is 1. The maximum absolute atomic E-state index is 12.9. The Kier molecular flexibility index (Phi) is 7.02. The largest absolute Gasteiger partial charge is 0.354 e. The zero-order valence-corrected chi connectivity index (χ0v) is 18.6. The standard InChI is InChI=1S/C21H30N4O4S/c1-4-14(2)12-22-19(26)17-13-30-21(23-17)7-9-24(10-8-21)20(27)16-6-5-15(3)18(11-16)25(28)29/h5-6,11,14,17,23H,4,7-10,12-13H2,1-3H3,(H,22,26). The first-order valence-corrected chi connectivity index (χ1v) is 11.5. The number of carbonyl (C=O) groups is 2. The number of amides is 2. The summed E-state index contributed by atoms with van der Waals surface area (Å²) in [4.78, 5) is 37.6. The molecule has 9 heteroatoms. The van der Waals surface area contributed by atoms with Crippen molar-refractivity contribution in [3.8, 4) is 0 Å². The van der Waals surface area contributed by atoms with E-state index >= 15 is 0 Å². The van der Waals surface area contributed by atoms with Gasteiger partial charge in [-0.1, -0.05) is 26.3 Å². The maximum Gasteiger partial charge on any atom is 0.273 e. The van der Waals surface area contributed by atoms with E-state index in [4.69, 9.17) is 0 Å². The van der Waals surface area contributed by atoms with Gasteiger partial charge in [0.2, 0.25) is 5.91 Å². The summed E-state index contributed by atoms with van der Waals surface area (Å²) in [6.07, 6.45) is 2.52. The van der Waals surface area contributed by atoms with Crippen molar-refractivity contribution in [2.45, 2.75) is 50.9 Å². The fraction of sp³-hybridized carbons (Fsp3) is 0.619. The molecule has 2 saturated heterocycles.